The second-order valence-corrected chi connectivity index (χ2v) is 8.67. The number of hydrogen-bond donors (Lipinski definition) is 2. The van der Waals surface area contributed by atoms with Gasteiger partial charge in [0.2, 0.25) is 5.91 Å². The lowest BCUT2D eigenvalue weighted by atomic mass is 10.2. The molecule has 1 aliphatic heterocycles. The fourth-order valence-corrected chi connectivity index (χ4v) is 3.85. The average molecular weight is 469 g/mol. The maximum absolute atomic E-state index is 12.4. The molecule has 1 saturated heterocycles. The molecule has 0 aliphatic carbocycles. The Kier molecular flexibility index (Phi) is 8.65. The molecule has 7 nitrogen and oxygen atoms in total. The fraction of sp³-hybridized carbons (Fsp3) is 0.400. The van der Waals surface area contributed by atoms with Gasteiger partial charge in [0.05, 0.1) is 6.10 Å². The van der Waals surface area contributed by atoms with E-state index in [2.05, 4.69) is 15.5 Å². The van der Waals surface area contributed by atoms with Crippen molar-refractivity contribution in [3.63, 3.8) is 0 Å². The summed E-state index contributed by atoms with van der Waals surface area (Å²) in [6.45, 7) is 9.07. The number of piperazine rings is 1. The Hall–Kier alpha value is -3.13. The lowest BCUT2D eigenvalue weighted by molar-refractivity contribution is -0.131. The number of hydrogen-bond acceptors (Lipinski definition) is 5. The minimum atomic E-state index is -0.282. The molecule has 8 heteroatoms. The number of rotatable bonds is 7. The largest absolute Gasteiger partial charge is 0.491 e. The third-order valence-corrected chi connectivity index (χ3v) is 5.51. The van der Waals surface area contributed by atoms with Gasteiger partial charge in [-0.05, 0) is 81.0 Å². The van der Waals surface area contributed by atoms with Crippen molar-refractivity contribution in [1.29, 1.82) is 0 Å². The van der Waals surface area contributed by atoms with Crippen LogP contribution in [0.4, 0.5) is 11.4 Å². The van der Waals surface area contributed by atoms with Crippen LogP contribution in [0.5, 0.6) is 5.75 Å². The zero-order chi connectivity index (χ0) is 23.8. The van der Waals surface area contributed by atoms with Gasteiger partial charge in [-0.25, -0.2) is 0 Å². The molecule has 0 unspecified atom stereocenters. The highest BCUT2D eigenvalue weighted by Gasteiger charge is 2.20. The monoisotopic (exact) mass is 468 g/mol. The Bertz CT molecular complexity index is 953. The second-order valence-electron chi connectivity index (χ2n) is 8.26. The van der Waals surface area contributed by atoms with E-state index < -0.39 is 0 Å². The minimum Gasteiger partial charge on any atom is -0.491 e. The number of thiocarbonyl (C=S) groups is 1. The Balaban J connectivity index is 1.48. The van der Waals surface area contributed by atoms with Gasteiger partial charge in [0.15, 0.2) is 5.11 Å². The van der Waals surface area contributed by atoms with Crippen molar-refractivity contribution in [2.24, 2.45) is 0 Å². The molecule has 0 bridgehead atoms. The lowest BCUT2D eigenvalue weighted by Gasteiger charge is -2.36. The summed E-state index contributed by atoms with van der Waals surface area (Å²) in [7, 11) is 0. The summed E-state index contributed by atoms with van der Waals surface area (Å²) >= 11 is 5.30. The van der Waals surface area contributed by atoms with Gasteiger partial charge in [-0.3, -0.25) is 14.9 Å². The first-order valence-corrected chi connectivity index (χ1v) is 11.8. The first-order chi connectivity index (χ1) is 15.9. The van der Waals surface area contributed by atoms with Crippen LogP contribution in [0, 0.1) is 0 Å². The number of nitrogens with zero attached hydrogens (tertiary/aromatic N) is 2. The summed E-state index contributed by atoms with van der Waals surface area (Å²) in [6, 6.07) is 14.8. The molecule has 2 amide bonds. The molecule has 0 atom stereocenters. The van der Waals surface area contributed by atoms with Gasteiger partial charge in [0.1, 0.15) is 5.75 Å². The Morgan fingerprint density at radius 2 is 1.64 bits per heavy atom. The molecule has 1 fully saturated rings. The molecule has 1 aliphatic rings. The Labute approximate surface area is 201 Å². The van der Waals surface area contributed by atoms with Gasteiger partial charge in [-0.1, -0.05) is 6.92 Å². The standard InChI is InChI=1S/C25H32N4O3S/c1-4-5-23(30)29-16-14-28(15-17-29)21-10-8-20(9-11-21)26-25(33)27-24(31)19-6-12-22(13-7-19)32-18(2)3/h6-13,18H,4-5,14-17H2,1-3H3,(H2,26,27,31,33). The van der Waals surface area contributed by atoms with Crippen LogP contribution in [0.2, 0.25) is 0 Å². The van der Waals surface area contributed by atoms with Crippen LogP contribution in [0.15, 0.2) is 48.5 Å². The summed E-state index contributed by atoms with van der Waals surface area (Å²) < 4.78 is 5.60. The number of nitrogens with one attached hydrogen (secondary N) is 2. The number of carbonyl (C=O) groups excluding carboxylic acids is 2. The van der Waals surface area contributed by atoms with Crippen LogP contribution in [0.1, 0.15) is 44.0 Å². The van der Waals surface area contributed by atoms with Gasteiger partial charge in [0.25, 0.3) is 5.91 Å². The predicted octanol–water partition coefficient (Wildman–Crippen LogP) is 4.05. The maximum atomic E-state index is 12.4. The number of benzene rings is 2. The van der Waals surface area contributed by atoms with Crippen molar-refractivity contribution in [3.05, 3.63) is 54.1 Å². The summed E-state index contributed by atoms with van der Waals surface area (Å²) in [5.41, 5.74) is 2.39. The summed E-state index contributed by atoms with van der Waals surface area (Å²) in [4.78, 5) is 28.7. The number of anilines is 2. The van der Waals surface area contributed by atoms with E-state index in [0.717, 1.165) is 49.7 Å². The third-order valence-electron chi connectivity index (χ3n) is 5.30. The molecule has 2 N–H and O–H groups in total. The van der Waals surface area contributed by atoms with E-state index in [1.807, 2.05) is 49.9 Å². The lowest BCUT2D eigenvalue weighted by Crippen LogP contribution is -2.48. The fourth-order valence-electron chi connectivity index (χ4n) is 3.64. The highest BCUT2D eigenvalue weighted by Crippen LogP contribution is 2.20. The van der Waals surface area contributed by atoms with Crippen molar-refractivity contribution in [3.8, 4) is 5.75 Å². The summed E-state index contributed by atoms with van der Waals surface area (Å²) in [5, 5.41) is 5.99. The molecule has 0 spiro atoms. The van der Waals surface area contributed by atoms with E-state index in [1.165, 1.54) is 0 Å². The number of ether oxygens (including phenoxy) is 1. The minimum absolute atomic E-state index is 0.0763. The van der Waals surface area contributed by atoms with Crippen molar-refractivity contribution >= 4 is 40.5 Å². The topological polar surface area (TPSA) is 73.9 Å². The predicted molar refractivity (Wildman–Crippen MR) is 136 cm³/mol. The van der Waals surface area contributed by atoms with Crippen LogP contribution in [0.25, 0.3) is 0 Å². The third kappa shape index (κ3) is 7.18. The normalized spacial score (nSPS) is 13.6. The zero-order valence-electron chi connectivity index (χ0n) is 19.5. The van der Waals surface area contributed by atoms with Gasteiger partial charge in [-0.15, -0.1) is 0 Å². The number of carbonyl (C=O) groups is 2. The Morgan fingerprint density at radius 3 is 2.21 bits per heavy atom. The van der Waals surface area contributed by atoms with Gasteiger partial charge >= 0.3 is 0 Å². The van der Waals surface area contributed by atoms with Crippen molar-refractivity contribution in [2.45, 2.75) is 39.7 Å². The van der Waals surface area contributed by atoms with Crippen LogP contribution in [-0.2, 0) is 4.79 Å². The molecule has 176 valence electrons. The summed E-state index contributed by atoms with van der Waals surface area (Å²) in [5.74, 6) is 0.680. The zero-order valence-corrected chi connectivity index (χ0v) is 20.3. The molecule has 0 radical (unpaired) electrons. The molecule has 2 aromatic carbocycles. The van der Waals surface area contributed by atoms with Crippen molar-refractivity contribution in [1.82, 2.24) is 10.2 Å². The molecular weight excluding hydrogens is 436 g/mol. The highest BCUT2D eigenvalue weighted by atomic mass is 32.1. The smallest absolute Gasteiger partial charge is 0.257 e. The first kappa shape index (κ1) is 24.5. The van der Waals surface area contributed by atoms with Gasteiger partial charge in [0, 0.05) is 49.5 Å². The van der Waals surface area contributed by atoms with Crippen molar-refractivity contribution in [2.75, 3.05) is 36.4 Å². The maximum Gasteiger partial charge on any atom is 0.257 e. The highest BCUT2D eigenvalue weighted by molar-refractivity contribution is 7.80. The van der Waals surface area contributed by atoms with E-state index in [-0.39, 0.29) is 23.0 Å². The van der Waals surface area contributed by atoms with Crippen LogP contribution < -0.4 is 20.3 Å². The van der Waals surface area contributed by atoms with Crippen LogP contribution in [-0.4, -0.2) is 54.1 Å². The molecule has 33 heavy (non-hydrogen) atoms. The Morgan fingerprint density at radius 1 is 1.00 bits per heavy atom. The van der Waals surface area contributed by atoms with E-state index in [9.17, 15) is 9.59 Å². The van der Waals surface area contributed by atoms with E-state index in [4.69, 9.17) is 17.0 Å². The second kappa shape index (κ2) is 11.7. The molecule has 1 heterocycles. The molecular formula is C25H32N4O3S. The average Bonchev–Trinajstić information content (AvgIpc) is 2.80. The van der Waals surface area contributed by atoms with Crippen molar-refractivity contribution < 1.29 is 14.3 Å². The van der Waals surface area contributed by atoms with Crippen LogP contribution >= 0.6 is 12.2 Å². The van der Waals surface area contributed by atoms with E-state index in [1.54, 1.807) is 24.3 Å². The number of amides is 2. The molecule has 3 rings (SSSR count). The molecule has 0 aromatic heterocycles. The van der Waals surface area contributed by atoms with E-state index in [0.29, 0.717) is 12.0 Å². The van der Waals surface area contributed by atoms with Gasteiger partial charge < -0.3 is 19.9 Å². The van der Waals surface area contributed by atoms with E-state index >= 15 is 0 Å². The summed E-state index contributed by atoms with van der Waals surface area (Å²) in [6.07, 6.45) is 1.58. The molecule has 2 aromatic rings. The van der Waals surface area contributed by atoms with Gasteiger partial charge in [-0.2, -0.15) is 0 Å². The van der Waals surface area contributed by atoms with Crippen LogP contribution in [0.3, 0.4) is 0 Å². The quantitative estimate of drug-likeness (QED) is 0.598. The molecule has 0 saturated carbocycles. The first-order valence-electron chi connectivity index (χ1n) is 11.4. The SMILES string of the molecule is CCCC(=O)N1CCN(c2ccc(NC(=S)NC(=O)c3ccc(OC(C)C)cc3)cc2)CC1.